The lowest BCUT2D eigenvalue weighted by molar-refractivity contribution is 0.257. The molecule has 1 aliphatic rings. The van der Waals surface area contributed by atoms with Crippen molar-refractivity contribution in [3.63, 3.8) is 0 Å². The molecule has 6 heteroatoms. The third-order valence-corrected chi connectivity index (χ3v) is 4.78. The van der Waals surface area contributed by atoms with Crippen LogP contribution in [0.25, 0.3) is 0 Å². The normalized spacial score (nSPS) is 15.4. The highest BCUT2D eigenvalue weighted by atomic mass is 35.5. The molecule has 1 fully saturated rings. The van der Waals surface area contributed by atoms with Crippen molar-refractivity contribution in [1.29, 1.82) is 0 Å². The highest BCUT2D eigenvalue weighted by Gasteiger charge is 2.16. The molecule has 4 nitrogen and oxygen atoms in total. The van der Waals surface area contributed by atoms with Gasteiger partial charge >= 0.3 is 0 Å². The minimum absolute atomic E-state index is 0.184. The van der Waals surface area contributed by atoms with Gasteiger partial charge in [-0.05, 0) is 55.4 Å². The number of nitrogens with one attached hydrogen (secondary N) is 1. The quantitative estimate of drug-likeness (QED) is 0.607. The van der Waals surface area contributed by atoms with Gasteiger partial charge in [-0.2, -0.15) is 0 Å². The van der Waals surface area contributed by atoms with E-state index in [-0.39, 0.29) is 5.82 Å². The number of rotatable bonds is 6. The van der Waals surface area contributed by atoms with E-state index in [2.05, 4.69) is 15.1 Å². The first-order valence-electron chi connectivity index (χ1n) is 8.63. The van der Waals surface area contributed by atoms with Gasteiger partial charge in [-0.15, -0.1) is 0 Å². The fourth-order valence-electron chi connectivity index (χ4n) is 3.10. The summed E-state index contributed by atoms with van der Waals surface area (Å²) in [6.07, 6.45) is 1.05. The number of nitrogens with two attached hydrogens (primary N) is 1. The zero-order valence-corrected chi connectivity index (χ0v) is 15.0. The Hall–Kier alpha value is -1.98. The number of nitrogens with zero attached hydrogens (tertiary/aromatic N) is 2. The molecular formula is C19H24ClFN4. The second-order valence-electron chi connectivity index (χ2n) is 6.32. The van der Waals surface area contributed by atoms with Crippen LogP contribution in [0.5, 0.6) is 0 Å². The summed E-state index contributed by atoms with van der Waals surface area (Å²) < 4.78 is 13.0. The summed E-state index contributed by atoms with van der Waals surface area (Å²) in [6, 6.07) is 12.3. The van der Waals surface area contributed by atoms with E-state index in [0.717, 1.165) is 57.1 Å². The summed E-state index contributed by atoms with van der Waals surface area (Å²) >= 11 is 5.91. The van der Waals surface area contributed by atoms with Crippen LogP contribution in [0.3, 0.4) is 0 Å². The van der Waals surface area contributed by atoms with Gasteiger partial charge in [0, 0.05) is 43.4 Å². The van der Waals surface area contributed by atoms with E-state index in [1.165, 1.54) is 12.1 Å². The monoisotopic (exact) mass is 362 g/mol. The summed E-state index contributed by atoms with van der Waals surface area (Å²) in [5.74, 6) is -0.184. The number of hydrogen-bond acceptors (Lipinski definition) is 4. The molecule has 0 aromatic heterocycles. The number of anilines is 3. The van der Waals surface area contributed by atoms with Crippen molar-refractivity contribution in [2.24, 2.45) is 0 Å². The third kappa shape index (κ3) is 5.00. The Morgan fingerprint density at radius 2 is 1.76 bits per heavy atom. The Bertz CT molecular complexity index is 684. The second kappa shape index (κ2) is 8.41. The number of piperazine rings is 1. The van der Waals surface area contributed by atoms with Crippen LogP contribution in [0.15, 0.2) is 42.5 Å². The van der Waals surface area contributed by atoms with Crippen LogP contribution in [-0.4, -0.2) is 44.2 Å². The molecule has 1 aliphatic heterocycles. The van der Waals surface area contributed by atoms with Crippen molar-refractivity contribution in [3.8, 4) is 0 Å². The minimum atomic E-state index is -0.184. The third-order valence-electron chi connectivity index (χ3n) is 4.54. The predicted molar refractivity (Wildman–Crippen MR) is 104 cm³/mol. The molecule has 0 saturated carbocycles. The molecule has 0 unspecified atom stereocenters. The van der Waals surface area contributed by atoms with Crippen LogP contribution in [0.1, 0.15) is 6.42 Å². The lowest BCUT2D eigenvalue weighted by Crippen LogP contribution is -2.46. The number of hydrogen-bond donors (Lipinski definition) is 2. The van der Waals surface area contributed by atoms with Gasteiger partial charge < -0.3 is 16.0 Å². The lowest BCUT2D eigenvalue weighted by atomic mass is 10.2. The van der Waals surface area contributed by atoms with Gasteiger partial charge in [0.1, 0.15) is 5.82 Å². The summed E-state index contributed by atoms with van der Waals surface area (Å²) in [4.78, 5) is 4.77. The van der Waals surface area contributed by atoms with Crippen LogP contribution < -0.4 is 16.0 Å². The molecule has 1 heterocycles. The van der Waals surface area contributed by atoms with Crippen molar-refractivity contribution >= 4 is 28.7 Å². The number of halogens is 2. The fourth-order valence-corrected chi connectivity index (χ4v) is 3.28. The van der Waals surface area contributed by atoms with Crippen LogP contribution >= 0.6 is 11.6 Å². The smallest absolute Gasteiger partial charge is 0.123 e. The zero-order valence-electron chi connectivity index (χ0n) is 14.2. The largest absolute Gasteiger partial charge is 0.397 e. The van der Waals surface area contributed by atoms with Gasteiger partial charge in [0.2, 0.25) is 0 Å². The highest BCUT2D eigenvalue weighted by molar-refractivity contribution is 6.31. The molecule has 0 atom stereocenters. The maximum Gasteiger partial charge on any atom is 0.123 e. The van der Waals surface area contributed by atoms with Gasteiger partial charge in [-0.25, -0.2) is 4.39 Å². The Morgan fingerprint density at radius 1 is 1.04 bits per heavy atom. The summed E-state index contributed by atoms with van der Waals surface area (Å²) in [5, 5.41) is 4.02. The summed E-state index contributed by atoms with van der Waals surface area (Å²) in [7, 11) is 0. The fraction of sp³-hybridized carbons (Fsp3) is 0.368. The maximum absolute atomic E-state index is 13.0. The van der Waals surface area contributed by atoms with Crippen LogP contribution in [-0.2, 0) is 0 Å². The lowest BCUT2D eigenvalue weighted by Gasteiger charge is -2.36. The Balaban J connectivity index is 1.37. The topological polar surface area (TPSA) is 44.5 Å². The van der Waals surface area contributed by atoms with E-state index in [1.54, 1.807) is 6.07 Å². The maximum atomic E-state index is 13.0. The molecule has 0 amide bonds. The molecule has 1 saturated heterocycles. The summed E-state index contributed by atoms with van der Waals surface area (Å²) in [5.41, 5.74) is 8.65. The van der Waals surface area contributed by atoms with E-state index in [9.17, 15) is 4.39 Å². The molecule has 25 heavy (non-hydrogen) atoms. The Labute approximate surface area is 153 Å². The van der Waals surface area contributed by atoms with Crippen LogP contribution in [0.4, 0.5) is 21.5 Å². The SMILES string of the molecule is Nc1cc(Cl)ccc1NCCCN1CCN(c2ccc(F)cc2)CC1. The van der Waals surface area contributed by atoms with Crippen molar-refractivity contribution in [3.05, 3.63) is 53.3 Å². The van der Waals surface area contributed by atoms with Gasteiger partial charge in [-0.3, -0.25) is 4.90 Å². The first kappa shape index (κ1) is 17.8. The average molecular weight is 363 g/mol. The Morgan fingerprint density at radius 3 is 2.44 bits per heavy atom. The first-order valence-corrected chi connectivity index (χ1v) is 9.01. The van der Waals surface area contributed by atoms with E-state index in [1.807, 2.05) is 24.3 Å². The molecule has 3 N–H and O–H groups in total. The Kier molecular flexibility index (Phi) is 6.00. The van der Waals surface area contributed by atoms with Crippen LogP contribution in [0.2, 0.25) is 5.02 Å². The zero-order chi connectivity index (χ0) is 17.6. The minimum Gasteiger partial charge on any atom is -0.397 e. The molecule has 0 spiro atoms. The summed E-state index contributed by atoms with van der Waals surface area (Å²) in [6.45, 7) is 5.94. The van der Waals surface area contributed by atoms with E-state index in [0.29, 0.717) is 10.7 Å². The van der Waals surface area contributed by atoms with Gasteiger partial charge in [0.05, 0.1) is 11.4 Å². The molecule has 2 aromatic rings. The van der Waals surface area contributed by atoms with Crippen molar-refractivity contribution < 1.29 is 4.39 Å². The molecule has 0 aliphatic carbocycles. The second-order valence-corrected chi connectivity index (χ2v) is 6.75. The van der Waals surface area contributed by atoms with Crippen LogP contribution in [0, 0.1) is 5.82 Å². The predicted octanol–water partition coefficient (Wildman–Crippen LogP) is 3.69. The van der Waals surface area contributed by atoms with Gasteiger partial charge in [-0.1, -0.05) is 11.6 Å². The van der Waals surface area contributed by atoms with E-state index < -0.39 is 0 Å². The van der Waals surface area contributed by atoms with Crippen molar-refractivity contribution in [2.45, 2.75) is 6.42 Å². The molecule has 3 rings (SSSR count). The first-order chi connectivity index (χ1) is 12.1. The molecule has 134 valence electrons. The van der Waals surface area contributed by atoms with Gasteiger partial charge in [0.25, 0.3) is 0 Å². The molecule has 0 radical (unpaired) electrons. The van der Waals surface area contributed by atoms with E-state index in [4.69, 9.17) is 17.3 Å². The van der Waals surface area contributed by atoms with Gasteiger partial charge in [0.15, 0.2) is 0 Å². The number of nitrogen functional groups attached to an aromatic ring is 1. The average Bonchev–Trinajstić information content (AvgIpc) is 2.61. The number of benzene rings is 2. The molecule has 0 bridgehead atoms. The van der Waals surface area contributed by atoms with E-state index >= 15 is 0 Å². The molecule has 2 aromatic carbocycles. The van der Waals surface area contributed by atoms with Crippen molar-refractivity contribution in [1.82, 2.24) is 4.90 Å². The highest BCUT2D eigenvalue weighted by Crippen LogP contribution is 2.22. The van der Waals surface area contributed by atoms with Crippen molar-refractivity contribution in [2.75, 3.05) is 55.2 Å². The standard InChI is InChI=1S/C19H24ClFN4/c20-15-2-7-19(18(22)14-15)23-8-1-9-24-10-12-25(13-11-24)17-5-3-16(21)4-6-17/h2-7,14,23H,1,8-13,22H2. The molecular weight excluding hydrogens is 339 g/mol.